The summed E-state index contributed by atoms with van der Waals surface area (Å²) in [4.78, 5) is 5.60. The molecule has 1 aromatic carbocycles. The van der Waals surface area contributed by atoms with Crippen molar-refractivity contribution in [3.63, 3.8) is 0 Å². The Morgan fingerprint density at radius 2 is 1.92 bits per heavy atom. The van der Waals surface area contributed by atoms with Gasteiger partial charge in [0.15, 0.2) is 0 Å². The molecule has 0 aliphatic carbocycles. The summed E-state index contributed by atoms with van der Waals surface area (Å²) in [5, 5.41) is 0. The third-order valence-electron chi connectivity index (χ3n) is 1.28. The summed E-state index contributed by atoms with van der Waals surface area (Å²) in [7, 11) is -3.73. The molecule has 1 rings (SSSR count). The van der Waals surface area contributed by atoms with E-state index < -0.39 is 16.9 Å². The zero-order valence-corrected chi connectivity index (χ0v) is 7.42. The van der Waals surface area contributed by atoms with Gasteiger partial charge in [-0.2, -0.15) is 0 Å². The first-order valence-corrected chi connectivity index (χ1v) is 4.90. The molecule has 6 heteroatoms. The molecule has 0 bridgehead atoms. The Morgan fingerprint density at radius 1 is 1.31 bits per heavy atom. The Balaban J connectivity index is 2.83. The first-order valence-electron chi connectivity index (χ1n) is 3.41. The first-order chi connectivity index (χ1) is 6.17. The van der Waals surface area contributed by atoms with Crippen LogP contribution in [0, 0.1) is 0 Å². The minimum Gasteiger partial charge on any atom is -0.253 e. The van der Waals surface area contributed by atoms with Crippen molar-refractivity contribution in [3.8, 4) is 0 Å². The average Bonchev–Trinajstić information content (AvgIpc) is 2.16. The molecule has 0 amide bonds. The van der Waals surface area contributed by atoms with Gasteiger partial charge in [0.1, 0.15) is 0 Å². The molecule has 0 saturated carbocycles. The summed E-state index contributed by atoms with van der Waals surface area (Å²) in [6, 6.07) is 7.55. The van der Waals surface area contributed by atoms with E-state index in [1.54, 1.807) is 23.1 Å². The molecular weight excluding hydrogens is 197 g/mol. The van der Waals surface area contributed by atoms with Crippen LogP contribution in [0.5, 0.6) is 0 Å². The highest BCUT2D eigenvalue weighted by atomic mass is 32.2. The third kappa shape index (κ3) is 2.76. The molecule has 0 aliphatic rings. The number of halogens is 1. The molecule has 0 unspecified atom stereocenters. The standard InChI is InChI=1S/C7H8FNO3S/c8-6-12-9-13(10,11)7-4-2-1-3-5-7/h1-5,9H,6H2. The van der Waals surface area contributed by atoms with Gasteiger partial charge in [0.25, 0.3) is 10.0 Å². The van der Waals surface area contributed by atoms with Gasteiger partial charge in [-0.3, -0.25) is 4.84 Å². The molecule has 0 radical (unpaired) electrons. The molecule has 0 spiro atoms. The summed E-state index contributed by atoms with van der Waals surface area (Å²) >= 11 is 0. The maximum absolute atomic E-state index is 11.5. The van der Waals surface area contributed by atoms with Crippen LogP contribution >= 0.6 is 0 Å². The van der Waals surface area contributed by atoms with Gasteiger partial charge in [-0.25, -0.2) is 12.8 Å². The fraction of sp³-hybridized carbons (Fsp3) is 0.143. The Morgan fingerprint density at radius 3 is 2.46 bits per heavy atom. The monoisotopic (exact) mass is 205 g/mol. The zero-order valence-electron chi connectivity index (χ0n) is 6.60. The lowest BCUT2D eigenvalue weighted by atomic mass is 10.4. The van der Waals surface area contributed by atoms with Gasteiger partial charge < -0.3 is 0 Å². The van der Waals surface area contributed by atoms with Crippen LogP contribution in [0.2, 0.25) is 0 Å². The molecule has 4 nitrogen and oxygen atoms in total. The van der Waals surface area contributed by atoms with Crippen molar-refractivity contribution in [2.75, 3.05) is 6.86 Å². The van der Waals surface area contributed by atoms with Gasteiger partial charge in [0.05, 0.1) is 4.90 Å². The number of hydrogen-bond donors (Lipinski definition) is 1. The van der Waals surface area contributed by atoms with Crippen LogP contribution in [-0.4, -0.2) is 15.3 Å². The van der Waals surface area contributed by atoms with Gasteiger partial charge in [0, 0.05) is 0 Å². The lowest BCUT2D eigenvalue weighted by molar-refractivity contribution is 0.0244. The van der Waals surface area contributed by atoms with E-state index in [1.165, 1.54) is 12.1 Å². The zero-order chi connectivity index (χ0) is 9.73. The smallest absolute Gasteiger partial charge is 0.253 e. The number of hydrogen-bond acceptors (Lipinski definition) is 3. The lowest BCUT2D eigenvalue weighted by Gasteiger charge is -2.03. The fourth-order valence-corrected chi connectivity index (χ4v) is 1.56. The summed E-state index contributed by atoms with van der Waals surface area (Å²) in [5.41, 5.74) is 0. The second-order valence-electron chi connectivity index (χ2n) is 2.15. The molecule has 0 heterocycles. The van der Waals surface area contributed by atoms with E-state index >= 15 is 0 Å². The number of alkyl halides is 1. The van der Waals surface area contributed by atoms with Crippen LogP contribution in [-0.2, 0) is 14.9 Å². The van der Waals surface area contributed by atoms with Crippen LogP contribution < -0.4 is 4.89 Å². The summed E-state index contributed by atoms with van der Waals surface area (Å²) < 4.78 is 33.9. The topological polar surface area (TPSA) is 55.4 Å². The molecule has 0 fully saturated rings. The molecule has 72 valence electrons. The first kappa shape index (κ1) is 10.1. The largest absolute Gasteiger partial charge is 0.262 e. The van der Waals surface area contributed by atoms with Crippen molar-refractivity contribution < 1.29 is 17.6 Å². The van der Waals surface area contributed by atoms with Gasteiger partial charge in [0.2, 0.25) is 6.86 Å². The van der Waals surface area contributed by atoms with E-state index in [2.05, 4.69) is 4.84 Å². The van der Waals surface area contributed by atoms with E-state index in [9.17, 15) is 12.8 Å². The van der Waals surface area contributed by atoms with Crippen molar-refractivity contribution in [1.82, 2.24) is 4.89 Å². The Bertz CT molecular complexity index is 351. The molecular formula is C7H8FNO3S. The highest BCUT2D eigenvalue weighted by Gasteiger charge is 2.12. The summed E-state index contributed by atoms with van der Waals surface area (Å²) in [6.07, 6.45) is 0. The normalized spacial score (nSPS) is 11.5. The van der Waals surface area contributed by atoms with Crippen LogP contribution in [0.1, 0.15) is 0 Å². The van der Waals surface area contributed by atoms with Crippen LogP contribution in [0.4, 0.5) is 4.39 Å². The van der Waals surface area contributed by atoms with Crippen molar-refractivity contribution in [2.24, 2.45) is 0 Å². The maximum atomic E-state index is 11.5. The SMILES string of the molecule is O=S(=O)(NOCF)c1ccccc1. The minimum absolute atomic E-state index is 0.0310. The fourth-order valence-electron chi connectivity index (χ4n) is 0.748. The number of sulfonamides is 1. The van der Waals surface area contributed by atoms with Crippen molar-refractivity contribution in [1.29, 1.82) is 0 Å². The molecule has 0 saturated heterocycles. The molecule has 13 heavy (non-hydrogen) atoms. The highest BCUT2D eigenvalue weighted by Crippen LogP contribution is 2.06. The van der Waals surface area contributed by atoms with E-state index in [0.29, 0.717) is 0 Å². The molecule has 0 aliphatic heterocycles. The molecule has 0 atom stereocenters. The second kappa shape index (κ2) is 4.31. The highest BCUT2D eigenvalue weighted by molar-refractivity contribution is 7.89. The van der Waals surface area contributed by atoms with Gasteiger partial charge in [-0.05, 0) is 12.1 Å². The van der Waals surface area contributed by atoms with E-state index in [0.717, 1.165) is 0 Å². The second-order valence-corrected chi connectivity index (χ2v) is 3.80. The average molecular weight is 205 g/mol. The molecule has 1 N–H and O–H groups in total. The third-order valence-corrected chi connectivity index (χ3v) is 2.51. The van der Waals surface area contributed by atoms with E-state index in [-0.39, 0.29) is 4.90 Å². The Labute approximate surface area is 75.3 Å². The summed E-state index contributed by atoms with van der Waals surface area (Å²) in [6.45, 7) is -1.20. The maximum Gasteiger partial charge on any atom is 0.262 e. The molecule has 1 aromatic rings. The van der Waals surface area contributed by atoms with Gasteiger partial charge >= 0.3 is 0 Å². The number of rotatable bonds is 4. The number of nitrogens with one attached hydrogen (secondary N) is 1. The number of benzene rings is 1. The van der Waals surface area contributed by atoms with E-state index in [1.807, 2.05) is 0 Å². The van der Waals surface area contributed by atoms with Gasteiger partial charge in [-0.1, -0.05) is 23.1 Å². The quantitative estimate of drug-likeness (QED) is 0.740. The Hall–Kier alpha value is -0.980. The predicted molar refractivity (Wildman–Crippen MR) is 43.8 cm³/mol. The van der Waals surface area contributed by atoms with E-state index in [4.69, 9.17) is 0 Å². The van der Waals surface area contributed by atoms with Crippen LogP contribution in [0.3, 0.4) is 0 Å². The summed E-state index contributed by atoms with van der Waals surface area (Å²) in [5.74, 6) is 0. The van der Waals surface area contributed by atoms with Gasteiger partial charge in [-0.15, -0.1) is 0 Å². The van der Waals surface area contributed by atoms with Crippen LogP contribution in [0.25, 0.3) is 0 Å². The Kier molecular flexibility index (Phi) is 3.35. The van der Waals surface area contributed by atoms with Crippen LogP contribution in [0.15, 0.2) is 35.2 Å². The minimum atomic E-state index is -3.73. The predicted octanol–water partition coefficient (Wildman–Crippen LogP) is 0.824. The van der Waals surface area contributed by atoms with Crippen molar-refractivity contribution in [2.45, 2.75) is 4.90 Å². The van der Waals surface area contributed by atoms with Crippen molar-refractivity contribution >= 4 is 10.0 Å². The van der Waals surface area contributed by atoms with Crippen molar-refractivity contribution in [3.05, 3.63) is 30.3 Å². The molecule has 0 aromatic heterocycles. The lowest BCUT2D eigenvalue weighted by Crippen LogP contribution is -2.23.